The Bertz CT molecular complexity index is 357. The summed E-state index contributed by atoms with van der Waals surface area (Å²) in [5.74, 6) is 0. The van der Waals surface area contributed by atoms with Crippen LogP contribution in [0, 0.1) is 11.3 Å². The van der Waals surface area contributed by atoms with Gasteiger partial charge in [-0.2, -0.15) is 5.26 Å². The molecule has 0 saturated heterocycles. The van der Waals surface area contributed by atoms with Gasteiger partial charge in [0, 0.05) is 17.1 Å². The van der Waals surface area contributed by atoms with Gasteiger partial charge in [0.2, 0.25) is 0 Å². The summed E-state index contributed by atoms with van der Waals surface area (Å²) >= 11 is 5.91. The molecule has 3 heteroatoms. The Kier molecular flexibility index (Phi) is 4.61. The number of nitrogens with zero attached hydrogens (tertiary/aromatic N) is 1. The van der Waals surface area contributed by atoms with Gasteiger partial charge in [0.15, 0.2) is 0 Å². The molecular formula is C12H15ClN2. The molecule has 0 bridgehead atoms. The van der Waals surface area contributed by atoms with E-state index >= 15 is 0 Å². The maximum atomic E-state index is 8.55. The summed E-state index contributed by atoms with van der Waals surface area (Å²) in [7, 11) is 0. The summed E-state index contributed by atoms with van der Waals surface area (Å²) < 4.78 is 0. The van der Waals surface area contributed by atoms with Gasteiger partial charge in [-0.15, -0.1) is 0 Å². The number of hydrogen-bond donors (Lipinski definition) is 1. The molecule has 1 aromatic rings. The zero-order valence-electron chi connectivity index (χ0n) is 9.00. The van der Waals surface area contributed by atoms with Gasteiger partial charge in [-0.05, 0) is 31.5 Å². The first-order chi connectivity index (χ1) is 7.13. The van der Waals surface area contributed by atoms with E-state index in [2.05, 4.69) is 18.3 Å². The van der Waals surface area contributed by atoms with Gasteiger partial charge >= 0.3 is 0 Å². The minimum absolute atomic E-state index is 0.198. The molecule has 1 N–H and O–H groups in total. The van der Waals surface area contributed by atoms with Crippen molar-refractivity contribution in [1.82, 2.24) is 5.32 Å². The number of halogens is 1. The van der Waals surface area contributed by atoms with Gasteiger partial charge < -0.3 is 5.32 Å². The Hall–Kier alpha value is -1.04. The fourth-order valence-electron chi connectivity index (χ4n) is 1.49. The van der Waals surface area contributed by atoms with Crippen molar-refractivity contribution >= 4 is 11.6 Å². The van der Waals surface area contributed by atoms with Gasteiger partial charge in [-0.25, -0.2) is 0 Å². The fraction of sp³-hybridized carbons (Fsp3) is 0.417. The van der Waals surface area contributed by atoms with E-state index in [1.807, 2.05) is 31.2 Å². The molecule has 1 unspecified atom stereocenters. The van der Waals surface area contributed by atoms with Crippen molar-refractivity contribution in [3.05, 3.63) is 34.9 Å². The number of nitriles is 1. The van der Waals surface area contributed by atoms with Crippen molar-refractivity contribution in [3.8, 4) is 6.07 Å². The van der Waals surface area contributed by atoms with Crippen molar-refractivity contribution in [2.24, 2.45) is 0 Å². The third-order valence-corrected chi connectivity index (χ3v) is 2.52. The summed E-state index contributed by atoms with van der Waals surface area (Å²) in [6.07, 6.45) is 0.519. The first-order valence-electron chi connectivity index (χ1n) is 5.02. The van der Waals surface area contributed by atoms with Gasteiger partial charge in [0.25, 0.3) is 0 Å². The highest BCUT2D eigenvalue weighted by Crippen LogP contribution is 2.17. The minimum Gasteiger partial charge on any atom is -0.307 e. The monoisotopic (exact) mass is 222 g/mol. The maximum absolute atomic E-state index is 8.55. The number of rotatable bonds is 4. The molecule has 0 fully saturated rings. The smallest absolute Gasteiger partial charge is 0.0638 e. The van der Waals surface area contributed by atoms with Crippen molar-refractivity contribution in [2.75, 3.05) is 0 Å². The third-order valence-electron chi connectivity index (χ3n) is 2.28. The van der Waals surface area contributed by atoms with Gasteiger partial charge in [-0.1, -0.05) is 23.7 Å². The van der Waals surface area contributed by atoms with Crippen LogP contribution in [0.15, 0.2) is 24.3 Å². The Morgan fingerprint density at radius 2 is 2.20 bits per heavy atom. The molecule has 2 nitrogen and oxygen atoms in total. The van der Waals surface area contributed by atoms with Gasteiger partial charge in [-0.3, -0.25) is 0 Å². The van der Waals surface area contributed by atoms with Crippen LogP contribution < -0.4 is 5.32 Å². The van der Waals surface area contributed by atoms with E-state index in [0.29, 0.717) is 6.42 Å². The predicted molar refractivity (Wildman–Crippen MR) is 62.7 cm³/mol. The van der Waals surface area contributed by atoms with Crippen LogP contribution >= 0.6 is 11.6 Å². The number of hydrogen-bond acceptors (Lipinski definition) is 2. The fourth-order valence-corrected chi connectivity index (χ4v) is 1.69. The lowest BCUT2D eigenvalue weighted by molar-refractivity contribution is 0.485. The van der Waals surface area contributed by atoms with Crippen LogP contribution in [0.2, 0.25) is 5.02 Å². The van der Waals surface area contributed by atoms with Crippen LogP contribution in [0.3, 0.4) is 0 Å². The molecule has 15 heavy (non-hydrogen) atoms. The standard InChI is InChI=1S/C12H15ClN2/c1-9(6-7-14)15-10(2)11-4-3-5-12(13)8-11/h3-5,8-10,15H,6H2,1-2H3/t9?,10-/m1/s1. The zero-order valence-corrected chi connectivity index (χ0v) is 9.75. The largest absolute Gasteiger partial charge is 0.307 e. The predicted octanol–water partition coefficient (Wildman–Crippen LogP) is 3.29. The zero-order chi connectivity index (χ0) is 11.3. The molecule has 2 atom stereocenters. The Balaban J connectivity index is 2.61. The highest BCUT2D eigenvalue weighted by molar-refractivity contribution is 6.30. The van der Waals surface area contributed by atoms with Crippen LogP contribution in [0.25, 0.3) is 0 Å². The summed E-state index contributed by atoms with van der Waals surface area (Å²) in [5, 5.41) is 12.6. The molecule has 0 aliphatic rings. The van der Waals surface area contributed by atoms with Crippen LogP contribution in [-0.4, -0.2) is 6.04 Å². The van der Waals surface area contributed by atoms with E-state index in [-0.39, 0.29) is 12.1 Å². The van der Waals surface area contributed by atoms with Gasteiger partial charge in [0.1, 0.15) is 0 Å². The highest BCUT2D eigenvalue weighted by atomic mass is 35.5. The maximum Gasteiger partial charge on any atom is 0.0638 e. The molecule has 0 aromatic heterocycles. The SMILES string of the molecule is CC(CC#N)N[C@H](C)c1cccc(Cl)c1. The van der Waals surface area contributed by atoms with Crippen LogP contribution in [0.4, 0.5) is 0 Å². The summed E-state index contributed by atoms with van der Waals surface area (Å²) in [4.78, 5) is 0. The molecule has 0 spiro atoms. The van der Waals surface area contributed by atoms with E-state index in [4.69, 9.17) is 16.9 Å². The lowest BCUT2D eigenvalue weighted by atomic mass is 10.1. The van der Waals surface area contributed by atoms with E-state index < -0.39 is 0 Å². The number of benzene rings is 1. The molecular weight excluding hydrogens is 208 g/mol. The molecule has 0 aliphatic heterocycles. The van der Waals surface area contributed by atoms with E-state index in [1.165, 1.54) is 0 Å². The lowest BCUT2D eigenvalue weighted by Gasteiger charge is -2.18. The first kappa shape index (κ1) is 12.0. The lowest BCUT2D eigenvalue weighted by Crippen LogP contribution is -2.28. The van der Waals surface area contributed by atoms with Crippen LogP contribution in [0.1, 0.15) is 31.9 Å². The Labute approximate surface area is 95.9 Å². The van der Waals surface area contributed by atoms with Crippen molar-refractivity contribution in [2.45, 2.75) is 32.4 Å². The summed E-state index contributed by atoms with van der Waals surface area (Å²) in [5.41, 5.74) is 1.15. The van der Waals surface area contributed by atoms with Crippen molar-refractivity contribution < 1.29 is 0 Å². The molecule has 0 amide bonds. The Morgan fingerprint density at radius 3 is 2.80 bits per heavy atom. The quantitative estimate of drug-likeness (QED) is 0.849. The average molecular weight is 223 g/mol. The van der Waals surface area contributed by atoms with E-state index in [1.54, 1.807) is 0 Å². The van der Waals surface area contributed by atoms with Crippen LogP contribution in [0.5, 0.6) is 0 Å². The average Bonchev–Trinajstić information content (AvgIpc) is 2.18. The first-order valence-corrected chi connectivity index (χ1v) is 5.39. The minimum atomic E-state index is 0.198. The summed E-state index contributed by atoms with van der Waals surface area (Å²) in [6.45, 7) is 4.07. The molecule has 0 saturated carbocycles. The molecule has 0 heterocycles. The Morgan fingerprint density at radius 1 is 1.47 bits per heavy atom. The van der Waals surface area contributed by atoms with E-state index in [9.17, 15) is 0 Å². The van der Waals surface area contributed by atoms with Crippen LogP contribution in [-0.2, 0) is 0 Å². The number of nitrogens with one attached hydrogen (secondary N) is 1. The normalized spacial score (nSPS) is 14.3. The van der Waals surface area contributed by atoms with Gasteiger partial charge in [0.05, 0.1) is 12.5 Å². The molecule has 0 radical (unpaired) electrons. The van der Waals surface area contributed by atoms with Crippen molar-refractivity contribution in [3.63, 3.8) is 0 Å². The second kappa shape index (κ2) is 5.75. The third kappa shape index (κ3) is 3.91. The summed E-state index contributed by atoms with van der Waals surface area (Å²) in [6, 6.07) is 10.3. The van der Waals surface area contributed by atoms with Crippen molar-refractivity contribution in [1.29, 1.82) is 5.26 Å². The highest BCUT2D eigenvalue weighted by Gasteiger charge is 2.08. The second-order valence-electron chi connectivity index (χ2n) is 3.71. The molecule has 1 rings (SSSR count). The topological polar surface area (TPSA) is 35.8 Å². The molecule has 1 aromatic carbocycles. The molecule has 0 aliphatic carbocycles. The molecule has 80 valence electrons. The van der Waals surface area contributed by atoms with E-state index in [0.717, 1.165) is 10.6 Å². The second-order valence-corrected chi connectivity index (χ2v) is 4.14.